The first-order chi connectivity index (χ1) is 12.6. The van der Waals surface area contributed by atoms with Crippen LogP contribution in [0.25, 0.3) is 6.08 Å². The van der Waals surface area contributed by atoms with Crippen molar-refractivity contribution in [1.82, 2.24) is 5.32 Å². The van der Waals surface area contributed by atoms with E-state index in [1.807, 2.05) is 41.9 Å². The zero-order valence-corrected chi connectivity index (χ0v) is 15.1. The highest BCUT2D eigenvalue weighted by Gasteiger charge is 2.16. The number of carbonyl (C=O) groups excluding carboxylic acids is 2. The van der Waals surface area contributed by atoms with E-state index in [2.05, 4.69) is 5.32 Å². The van der Waals surface area contributed by atoms with Crippen molar-refractivity contribution in [2.24, 2.45) is 0 Å². The molecule has 0 saturated heterocycles. The fourth-order valence-corrected chi connectivity index (χ4v) is 3.04. The Balaban J connectivity index is 1.47. The van der Waals surface area contributed by atoms with Crippen molar-refractivity contribution in [3.8, 4) is 11.5 Å². The number of nitrogens with one attached hydrogen (secondary N) is 1. The van der Waals surface area contributed by atoms with Gasteiger partial charge in [-0.05, 0) is 53.1 Å². The molecule has 2 aromatic rings. The second kappa shape index (κ2) is 8.53. The second-order valence-corrected chi connectivity index (χ2v) is 6.47. The molecule has 1 amide bonds. The van der Waals surface area contributed by atoms with Crippen LogP contribution in [0.3, 0.4) is 0 Å². The maximum atomic E-state index is 12.0. The number of hydrogen-bond acceptors (Lipinski definition) is 6. The van der Waals surface area contributed by atoms with Crippen molar-refractivity contribution in [3.63, 3.8) is 0 Å². The Morgan fingerprint density at radius 2 is 2.08 bits per heavy atom. The molecule has 0 saturated carbocycles. The SMILES string of the molecule is C[C@@H](NC(=O)COC(=O)/C=C/c1ccsc1)c1ccc2c(c1)OCCO2. The number of benzene rings is 1. The van der Waals surface area contributed by atoms with Crippen LogP contribution in [-0.2, 0) is 14.3 Å². The molecule has 1 N–H and O–H groups in total. The third kappa shape index (κ3) is 4.86. The lowest BCUT2D eigenvalue weighted by Crippen LogP contribution is -2.31. The van der Waals surface area contributed by atoms with Crippen LogP contribution in [0.15, 0.2) is 41.1 Å². The molecular weight excluding hydrogens is 354 g/mol. The molecule has 2 heterocycles. The van der Waals surface area contributed by atoms with Crippen LogP contribution in [0, 0.1) is 0 Å². The number of thiophene rings is 1. The van der Waals surface area contributed by atoms with E-state index in [1.165, 1.54) is 17.4 Å². The molecule has 26 heavy (non-hydrogen) atoms. The monoisotopic (exact) mass is 373 g/mol. The lowest BCUT2D eigenvalue weighted by Gasteiger charge is -2.21. The molecule has 0 bridgehead atoms. The Kier molecular flexibility index (Phi) is 5.91. The van der Waals surface area contributed by atoms with Crippen molar-refractivity contribution in [1.29, 1.82) is 0 Å². The van der Waals surface area contributed by atoms with E-state index in [0.717, 1.165) is 11.1 Å². The summed E-state index contributed by atoms with van der Waals surface area (Å²) in [5.74, 6) is 0.438. The van der Waals surface area contributed by atoms with Crippen LogP contribution in [0.1, 0.15) is 24.1 Å². The highest BCUT2D eigenvalue weighted by Crippen LogP contribution is 2.32. The van der Waals surface area contributed by atoms with E-state index in [9.17, 15) is 9.59 Å². The summed E-state index contributed by atoms with van der Waals surface area (Å²) in [5, 5.41) is 6.62. The van der Waals surface area contributed by atoms with Gasteiger partial charge in [-0.25, -0.2) is 4.79 Å². The topological polar surface area (TPSA) is 73.9 Å². The van der Waals surface area contributed by atoms with Gasteiger partial charge in [0, 0.05) is 6.08 Å². The van der Waals surface area contributed by atoms with Crippen molar-refractivity contribution in [3.05, 3.63) is 52.2 Å². The molecule has 136 valence electrons. The number of rotatable bonds is 6. The molecule has 1 atom stereocenters. The molecule has 1 aromatic heterocycles. The van der Waals surface area contributed by atoms with Crippen molar-refractivity contribution >= 4 is 29.3 Å². The summed E-state index contributed by atoms with van der Waals surface area (Å²) in [6, 6.07) is 7.17. The third-order valence-electron chi connectivity index (χ3n) is 3.74. The van der Waals surface area contributed by atoms with Gasteiger partial charge in [-0.3, -0.25) is 4.79 Å². The van der Waals surface area contributed by atoms with Crippen molar-refractivity contribution < 1.29 is 23.8 Å². The largest absolute Gasteiger partial charge is 0.486 e. The van der Waals surface area contributed by atoms with Gasteiger partial charge in [0.25, 0.3) is 5.91 Å². The summed E-state index contributed by atoms with van der Waals surface area (Å²) in [7, 11) is 0. The van der Waals surface area contributed by atoms with Crippen molar-refractivity contribution in [2.75, 3.05) is 19.8 Å². The minimum Gasteiger partial charge on any atom is -0.486 e. The second-order valence-electron chi connectivity index (χ2n) is 5.69. The van der Waals surface area contributed by atoms with Gasteiger partial charge in [0.05, 0.1) is 6.04 Å². The van der Waals surface area contributed by atoms with Crippen LogP contribution in [-0.4, -0.2) is 31.7 Å². The molecule has 0 spiro atoms. The fraction of sp³-hybridized carbons (Fsp3) is 0.263. The third-order valence-corrected chi connectivity index (χ3v) is 4.45. The Morgan fingerprint density at radius 3 is 2.85 bits per heavy atom. The highest BCUT2D eigenvalue weighted by molar-refractivity contribution is 7.08. The molecule has 0 fully saturated rings. The van der Waals surface area contributed by atoms with Gasteiger partial charge in [0.15, 0.2) is 18.1 Å². The van der Waals surface area contributed by atoms with Gasteiger partial charge in [-0.1, -0.05) is 6.07 Å². The number of esters is 1. The summed E-state index contributed by atoms with van der Waals surface area (Å²) < 4.78 is 16.0. The van der Waals surface area contributed by atoms with E-state index >= 15 is 0 Å². The lowest BCUT2D eigenvalue weighted by atomic mass is 10.1. The van der Waals surface area contributed by atoms with Crippen molar-refractivity contribution in [2.45, 2.75) is 13.0 Å². The van der Waals surface area contributed by atoms with Gasteiger partial charge < -0.3 is 19.5 Å². The quantitative estimate of drug-likeness (QED) is 0.622. The molecule has 3 rings (SSSR count). The Labute approximate surface area is 155 Å². The molecule has 1 aliphatic heterocycles. The van der Waals surface area contributed by atoms with E-state index < -0.39 is 5.97 Å². The van der Waals surface area contributed by atoms with E-state index in [4.69, 9.17) is 14.2 Å². The van der Waals surface area contributed by atoms with Gasteiger partial charge >= 0.3 is 5.97 Å². The highest BCUT2D eigenvalue weighted by atomic mass is 32.1. The average molecular weight is 373 g/mol. The van der Waals surface area contributed by atoms with Gasteiger partial charge in [-0.15, -0.1) is 0 Å². The number of hydrogen-bond donors (Lipinski definition) is 1. The first-order valence-electron chi connectivity index (χ1n) is 8.18. The Morgan fingerprint density at radius 1 is 1.27 bits per heavy atom. The minimum absolute atomic E-state index is 0.252. The zero-order valence-electron chi connectivity index (χ0n) is 14.3. The molecule has 7 heteroatoms. The lowest BCUT2D eigenvalue weighted by molar-refractivity contribution is -0.144. The smallest absolute Gasteiger partial charge is 0.331 e. The van der Waals surface area contributed by atoms with Gasteiger partial charge in [-0.2, -0.15) is 11.3 Å². The maximum Gasteiger partial charge on any atom is 0.331 e. The predicted molar refractivity (Wildman–Crippen MR) is 98.3 cm³/mol. The number of carbonyl (C=O) groups is 2. The standard InChI is InChI=1S/C19H19NO5S/c1-13(15-3-4-16-17(10-15)24-8-7-23-16)20-18(21)11-25-19(22)5-2-14-6-9-26-12-14/h2-6,9-10,12-13H,7-8,11H2,1H3,(H,20,21)/b5-2+/t13-/m1/s1. The Hall–Kier alpha value is -2.80. The zero-order chi connectivity index (χ0) is 18.4. The minimum atomic E-state index is -0.557. The van der Waals surface area contributed by atoms with Crippen LogP contribution in [0.5, 0.6) is 11.5 Å². The van der Waals surface area contributed by atoms with Crippen LogP contribution >= 0.6 is 11.3 Å². The number of ether oxygens (including phenoxy) is 3. The average Bonchev–Trinajstić information content (AvgIpc) is 3.18. The van der Waals surface area contributed by atoms with E-state index in [0.29, 0.717) is 24.7 Å². The first kappa shape index (κ1) is 18.0. The molecule has 0 aliphatic carbocycles. The molecule has 0 radical (unpaired) electrons. The van der Waals surface area contributed by atoms with E-state index in [1.54, 1.807) is 6.08 Å². The molecule has 1 aromatic carbocycles. The number of amides is 1. The predicted octanol–water partition coefficient (Wildman–Crippen LogP) is 2.95. The Bertz CT molecular complexity index is 800. The summed E-state index contributed by atoms with van der Waals surface area (Å²) in [6.07, 6.45) is 2.95. The summed E-state index contributed by atoms with van der Waals surface area (Å²) in [5.41, 5.74) is 1.80. The molecular formula is C19H19NO5S. The summed E-state index contributed by atoms with van der Waals surface area (Å²) in [6.45, 7) is 2.56. The summed E-state index contributed by atoms with van der Waals surface area (Å²) >= 11 is 1.54. The summed E-state index contributed by atoms with van der Waals surface area (Å²) in [4.78, 5) is 23.6. The maximum absolute atomic E-state index is 12.0. The van der Waals surface area contributed by atoms with E-state index in [-0.39, 0.29) is 18.6 Å². The van der Waals surface area contributed by atoms with Crippen LogP contribution < -0.4 is 14.8 Å². The van der Waals surface area contributed by atoms with Crippen LogP contribution in [0.2, 0.25) is 0 Å². The fourth-order valence-electron chi connectivity index (χ4n) is 2.41. The van der Waals surface area contributed by atoms with Gasteiger partial charge in [0.2, 0.25) is 0 Å². The molecule has 1 aliphatic rings. The molecule has 6 nitrogen and oxygen atoms in total. The first-order valence-corrected chi connectivity index (χ1v) is 9.12. The normalized spacial score (nSPS) is 14.0. The van der Waals surface area contributed by atoms with Crippen LogP contribution in [0.4, 0.5) is 0 Å². The number of fused-ring (bicyclic) bond motifs is 1. The molecule has 0 unspecified atom stereocenters. The van der Waals surface area contributed by atoms with Gasteiger partial charge in [0.1, 0.15) is 13.2 Å².